The number of hydrogen-bond donors (Lipinski definition) is 1. The summed E-state index contributed by atoms with van der Waals surface area (Å²) in [6.45, 7) is 4.70. The van der Waals surface area contributed by atoms with E-state index in [4.69, 9.17) is 0 Å². The fourth-order valence-electron chi connectivity index (χ4n) is 4.23. The minimum absolute atomic E-state index is 0.0506. The largest absolute Gasteiger partial charge is 0.350 e. The molecule has 1 saturated heterocycles. The predicted octanol–water partition coefficient (Wildman–Crippen LogP) is 2.53. The van der Waals surface area contributed by atoms with Gasteiger partial charge in [-0.2, -0.15) is 5.10 Å². The number of hydrogen-bond acceptors (Lipinski definition) is 4. The van der Waals surface area contributed by atoms with Crippen LogP contribution in [0.4, 0.5) is 0 Å². The number of aromatic nitrogens is 2. The molecule has 1 amide bonds. The van der Waals surface area contributed by atoms with Gasteiger partial charge in [0, 0.05) is 24.5 Å². The zero-order valence-corrected chi connectivity index (χ0v) is 17.4. The first-order valence-electron chi connectivity index (χ1n) is 10.6. The number of nitrogens with zero attached hydrogens (tertiary/aromatic N) is 3. The van der Waals surface area contributed by atoms with Crippen LogP contribution in [0.15, 0.2) is 59.4 Å². The number of aryl methyl sites for hydroxylation is 1. The fraction of sp³-hybridized carbons (Fsp3) is 0.375. The number of piperidine rings is 1. The van der Waals surface area contributed by atoms with Gasteiger partial charge < -0.3 is 10.2 Å². The Morgan fingerprint density at radius 3 is 2.63 bits per heavy atom. The third-order valence-electron chi connectivity index (χ3n) is 5.78. The van der Waals surface area contributed by atoms with Crippen LogP contribution in [0.1, 0.15) is 24.1 Å². The number of carbonyl (C=O) groups excluding carboxylic acids is 1. The minimum Gasteiger partial charge on any atom is -0.350 e. The van der Waals surface area contributed by atoms with Crippen LogP contribution in [-0.2, 0) is 17.8 Å². The third-order valence-corrected chi connectivity index (χ3v) is 5.78. The molecule has 1 N–H and O–H groups in total. The summed E-state index contributed by atoms with van der Waals surface area (Å²) in [5, 5.41) is 8.89. The molecule has 2 aromatic carbocycles. The SMILES string of the molecule is Cc1nn(CC(=O)NC2CCCN(CCc3ccccc3)C2)c(=O)c2ccccc12. The highest BCUT2D eigenvalue weighted by atomic mass is 16.2. The third kappa shape index (κ3) is 4.76. The second-order valence-electron chi connectivity index (χ2n) is 8.04. The molecule has 0 bridgehead atoms. The Morgan fingerprint density at radius 2 is 1.83 bits per heavy atom. The van der Waals surface area contributed by atoms with Crippen LogP contribution in [0.25, 0.3) is 10.8 Å². The number of benzene rings is 2. The fourth-order valence-corrected chi connectivity index (χ4v) is 4.23. The Balaban J connectivity index is 1.35. The van der Waals surface area contributed by atoms with Crippen LogP contribution in [-0.4, -0.2) is 46.3 Å². The van der Waals surface area contributed by atoms with Crippen LogP contribution in [0, 0.1) is 6.92 Å². The Bertz CT molecular complexity index is 1080. The Morgan fingerprint density at radius 1 is 1.10 bits per heavy atom. The van der Waals surface area contributed by atoms with E-state index in [0.717, 1.165) is 50.0 Å². The van der Waals surface area contributed by atoms with E-state index in [0.29, 0.717) is 5.39 Å². The van der Waals surface area contributed by atoms with Gasteiger partial charge in [-0.05, 0) is 44.4 Å². The lowest BCUT2D eigenvalue weighted by atomic mass is 10.0. The quantitative estimate of drug-likeness (QED) is 0.686. The van der Waals surface area contributed by atoms with Crippen LogP contribution >= 0.6 is 0 Å². The number of amides is 1. The van der Waals surface area contributed by atoms with Crippen LogP contribution in [0.3, 0.4) is 0 Å². The summed E-state index contributed by atoms with van der Waals surface area (Å²) in [5.74, 6) is -0.158. The maximum Gasteiger partial charge on any atom is 0.275 e. The highest BCUT2D eigenvalue weighted by molar-refractivity contribution is 5.83. The average Bonchev–Trinajstić information content (AvgIpc) is 2.77. The molecule has 1 atom stereocenters. The summed E-state index contributed by atoms with van der Waals surface area (Å²) in [7, 11) is 0. The molecule has 30 heavy (non-hydrogen) atoms. The van der Waals surface area contributed by atoms with Gasteiger partial charge in [-0.15, -0.1) is 0 Å². The molecule has 1 aliphatic rings. The van der Waals surface area contributed by atoms with E-state index in [1.165, 1.54) is 10.2 Å². The summed E-state index contributed by atoms with van der Waals surface area (Å²) >= 11 is 0. The van der Waals surface area contributed by atoms with E-state index in [1.807, 2.05) is 31.2 Å². The molecule has 3 aromatic rings. The van der Waals surface area contributed by atoms with Crippen molar-refractivity contribution in [3.63, 3.8) is 0 Å². The number of rotatable bonds is 6. The van der Waals surface area contributed by atoms with Crippen molar-refractivity contribution in [2.75, 3.05) is 19.6 Å². The summed E-state index contributed by atoms with van der Waals surface area (Å²) in [6, 6.07) is 18.0. The predicted molar refractivity (Wildman–Crippen MR) is 118 cm³/mol. The molecule has 156 valence electrons. The van der Waals surface area contributed by atoms with Crippen molar-refractivity contribution in [2.45, 2.75) is 38.8 Å². The van der Waals surface area contributed by atoms with E-state index in [1.54, 1.807) is 6.07 Å². The Kier molecular flexibility index (Phi) is 6.23. The molecular formula is C24H28N4O2. The second-order valence-corrected chi connectivity index (χ2v) is 8.04. The van der Waals surface area contributed by atoms with E-state index < -0.39 is 0 Å². The van der Waals surface area contributed by atoms with Gasteiger partial charge in [0.2, 0.25) is 5.91 Å². The van der Waals surface area contributed by atoms with Crippen molar-refractivity contribution in [3.05, 3.63) is 76.2 Å². The molecule has 1 fully saturated rings. The van der Waals surface area contributed by atoms with Crippen molar-refractivity contribution in [1.82, 2.24) is 20.0 Å². The molecular weight excluding hydrogens is 376 g/mol. The van der Waals surface area contributed by atoms with E-state index >= 15 is 0 Å². The lowest BCUT2D eigenvalue weighted by Gasteiger charge is -2.33. The Labute approximate surface area is 176 Å². The van der Waals surface area contributed by atoms with E-state index in [2.05, 4.69) is 39.6 Å². The topological polar surface area (TPSA) is 67.2 Å². The summed E-state index contributed by atoms with van der Waals surface area (Å²) in [4.78, 5) is 27.7. The second kappa shape index (κ2) is 9.22. The number of likely N-dealkylation sites (tertiary alicyclic amines) is 1. The lowest BCUT2D eigenvalue weighted by Crippen LogP contribution is -2.49. The molecule has 2 heterocycles. The highest BCUT2D eigenvalue weighted by Gasteiger charge is 2.21. The maximum atomic E-state index is 12.7. The molecule has 1 unspecified atom stereocenters. The van der Waals surface area contributed by atoms with Crippen molar-refractivity contribution in [3.8, 4) is 0 Å². The zero-order valence-electron chi connectivity index (χ0n) is 17.4. The van der Waals surface area contributed by atoms with Gasteiger partial charge in [0.15, 0.2) is 0 Å². The van der Waals surface area contributed by atoms with Gasteiger partial charge in [0.1, 0.15) is 6.54 Å². The molecule has 0 saturated carbocycles. The van der Waals surface area contributed by atoms with Crippen molar-refractivity contribution in [1.29, 1.82) is 0 Å². The summed E-state index contributed by atoms with van der Waals surface area (Å²) in [5.41, 5.74) is 1.86. The first-order chi connectivity index (χ1) is 14.6. The molecule has 0 aliphatic carbocycles. The van der Waals surface area contributed by atoms with Gasteiger partial charge in [0.25, 0.3) is 5.56 Å². The van der Waals surface area contributed by atoms with Crippen LogP contribution < -0.4 is 10.9 Å². The smallest absolute Gasteiger partial charge is 0.275 e. The van der Waals surface area contributed by atoms with Crippen LogP contribution in [0.2, 0.25) is 0 Å². The van der Waals surface area contributed by atoms with Gasteiger partial charge >= 0.3 is 0 Å². The highest BCUT2D eigenvalue weighted by Crippen LogP contribution is 2.13. The first-order valence-corrected chi connectivity index (χ1v) is 10.6. The van der Waals surface area contributed by atoms with Crippen molar-refractivity contribution < 1.29 is 4.79 Å². The maximum absolute atomic E-state index is 12.7. The molecule has 1 aliphatic heterocycles. The average molecular weight is 405 g/mol. The minimum atomic E-state index is -0.223. The number of carbonyl (C=O) groups is 1. The summed E-state index contributed by atoms with van der Waals surface area (Å²) < 4.78 is 1.28. The van der Waals surface area contributed by atoms with E-state index in [9.17, 15) is 9.59 Å². The molecule has 6 heteroatoms. The van der Waals surface area contributed by atoms with Gasteiger partial charge in [0.05, 0.1) is 11.1 Å². The molecule has 1 aromatic heterocycles. The van der Waals surface area contributed by atoms with Crippen molar-refractivity contribution in [2.24, 2.45) is 0 Å². The number of nitrogens with one attached hydrogen (secondary N) is 1. The molecule has 6 nitrogen and oxygen atoms in total. The normalized spacial score (nSPS) is 17.2. The van der Waals surface area contributed by atoms with Gasteiger partial charge in [-0.3, -0.25) is 9.59 Å². The van der Waals surface area contributed by atoms with Crippen LogP contribution in [0.5, 0.6) is 0 Å². The monoisotopic (exact) mass is 404 g/mol. The molecule has 0 spiro atoms. The van der Waals surface area contributed by atoms with E-state index in [-0.39, 0.29) is 24.1 Å². The van der Waals surface area contributed by atoms with Gasteiger partial charge in [-0.1, -0.05) is 48.5 Å². The van der Waals surface area contributed by atoms with Crippen molar-refractivity contribution >= 4 is 16.7 Å². The molecule has 4 rings (SSSR count). The molecule has 0 radical (unpaired) electrons. The zero-order chi connectivity index (χ0) is 20.9. The lowest BCUT2D eigenvalue weighted by molar-refractivity contribution is -0.123. The first kappa shape index (κ1) is 20.3. The summed E-state index contributed by atoms with van der Waals surface area (Å²) in [6.07, 6.45) is 3.04. The Hall–Kier alpha value is -2.99. The van der Waals surface area contributed by atoms with Gasteiger partial charge in [-0.25, -0.2) is 4.68 Å². The number of fused-ring (bicyclic) bond motifs is 1. The standard InChI is InChI=1S/C24H28N4O2/c1-18-21-11-5-6-12-22(21)24(30)28(26-18)17-23(29)25-20-10-7-14-27(16-20)15-13-19-8-3-2-4-9-19/h2-6,8-9,11-12,20H,7,10,13-17H2,1H3,(H,25,29).